The van der Waals surface area contributed by atoms with Crippen LogP contribution in [-0.4, -0.2) is 23.8 Å². The van der Waals surface area contributed by atoms with E-state index >= 15 is 0 Å². The third-order valence-corrected chi connectivity index (χ3v) is 1.64. The van der Waals surface area contributed by atoms with Crippen LogP contribution in [-0.2, 0) is 0 Å². The molecule has 88 valence electrons. The number of carbonyl (C=O) groups is 1. The van der Waals surface area contributed by atoms with Gasteiger partial charge in [0.05, 0.1) is 5.69 Å². The summed E-state index contributed by atoms with van der Waals surface area (Å²) in [6.07, 6.45) is -4.50. The number of urea groups is 1. The Balaban J connectivity index is 2.70. The maximum atomic E-state index is 12.1. The molecule has 1 aromatic carbocycles. The zero-order chi connectivity index (χ0) is 12.2. The third kappa shape index (κ3) is 4.07. The molecule has 4 nitrogen and oxygen atoms in total. The second kappa shape index (κ2) is 4.73. The summed E-state index contributed by atoms with van der Waals surface area (Å²) in [6, 6.07) is 6.79. The maximum absolute atomic E-state index is 12.1. The Morgan fingerprint density at radius 1 is 1.31 bits per heavy atom. The minimum atomic E-state index is -4.50. The minimum Gasteiger partial charge on any atom is -0.350 e. The van der Waals surface area contributed by atoms with Crippen LogP contribution in [0, 0.1) is 0 Å². The predicted molar refractivity (Wildman–Crippen MR) is 52.4 cm³/mol. The molecule has 0 aliphatic rings. The van der Waals surface area contributed by atoms with E-state index in [2.05, 4.69) is 5.43 Å². The van der Waals surface area contributed by atoms with E-state index in [0.29, 0.717) is 10.7 Å². The number of benzene rings is 1. The molecule has 0 heterocycles. The van der Waals surface area contributed by atoms with Gasteiger partial charge in [-0.3, -0.25) is 5.43 Å². The molecule has 16 heavy (non-hydrogen) atoms. The van der Waals surface area contributed by atoms with Gasteiger partial charge in [-0.15, -0.1) is 0 Å². The van der Waals surface area contributed by atoms with Gasteiger partial charge in [0.15, 0.2) is 0 Å². The molecule has 3 N–H and O–H groups in total. The number of nitrogens with two attached hydrogens (primary N) is 1. The highest BCUT2D eigenvalue weighted by atomic mass is 19.4. The first kappa shape index (κ1) is 12.2. The molecule has 0 saturated carbocycles. The molecule has 0 bridgehead atoms. The molecule has 0 atom stereocenters. The molecule has 1 rings (SSSR count). The van der Waals surface area contributed by atoms with E-state index in [0.717, 1.165) is 0 Å². The van der Waals surface area contributed by atoms with Crippen LogP contribution < -0.4 is 11.2 Å². The summed E-state index contributed by atoms with van der Waals surface area (Å²) in [5, 5.41) is 0.301. The van der Waals surface area contributed by atoms with Gasteiger partial charge in [-0.1, -0.05) is 18.2 Å². The van der Waals surface area contributed by atoms with Crippen LogP contribution in [0.1, 0.15) is 0 Å². The zero-order valence-corrected chi connectivity index (χ0v) is 8.16. The molecule has 2 amide bonds. The van der Waals surface area contributed by atoms with Gasteiger partial charge < -0.3 is 5.73 Å². The topological polar surface area (TPSA) is 58.4 Å². The first-order valence-electron chi connectivity index (χ1n) is 4.34. The SMILES string of the molecule is NC(=O)N(CC(F)(F)F)Nc1ccccc1. The molecule has 0 unspecified atom stereocenters. The Morgan fingerprint density at radius 3 is 2.31 bits per heavy atom. The number of hydrogen-bond donors (Lipinski definition) is 2. The number of alkyl halides is 3. The van der Waals surface area contributed by atoms with Gasteiger partial charge >= 0.3 is 12.2 Å². The van der Waals surface area contributed by atoms with E-state index in [1.807, 2.05) is 0 Å². The van der Waals surface area contributed by atoms with Crippen molar-refractivity contribution in [3.05, 3.63) is 30.3 Å². The summed E-state index contributed by atoms with van der Waals surface area (Å²) in [6.45, 7) is -1.45. The molecule has 7 heteroatoms. The van der Waals surface area contributed by atoms with Crippen LogP contribution in [0.25, 0.3) is 0 Å². The Labute approximate surface area is 89.8 Å². The van der Waals surface area contributed by atoms with Gasteiger partial charge in [0.1, 0.15) is 6.54 Å². The second-order valence-electron chi connectivity index (χ2n) is 3.02. The Hall–Kier alpha value is -1.92. The van der Waals surface area contributed by atoms with Crippen molar-refractivity contribution in [1.29, 1.82) is 0 Å². The summed E-state index contributed by atoms with van der Waals surface area (Å²) in [4.78, 5) is 10.8. The van der Waals surface area contributed by atoms with Crippen molar-refractivity contribution >= 4 is 11.7 Å². The average molecular weight is 233 g/mol. The number of nitrogens with one attached hydrogen (secondary N) is 1. The molecule has 0 aromatic heterocycles. The van der Waals surface area contributed by atoms with E-state index in [-0.39, 0.29) is 0 Å². The summed E-state index contributed by atoms with van der Waals surface area (Å²) in [7, 11) is 0. The maximum Gasteiger partial charge on any atom is 0.408 e. The second-order valence-corrected chi connectivity index (χ2v) is 3.02. The molecule has 0 fully saturated rings. The van der Waals surface area contributed by atoms with Crippen molar-refractivity contribution in [2.24, 2.45) is 5.73 Å². The lowest BCUT2D eigenvalue weighted by atomic mass is 10.3. The number of primary amides is 1. The third-order valence-electron chi connectivity index (χ3n) is 1.64. The van der Waals surface area contributed by atoms with Crippen molar-refractivity contribution in [2.75, 3.05) is 12.0 Å². The van der Waals surface area contributed by atoms with E-state index in [4.69, 9.17) is 5.73 Å². The highest BCUT2D eigenvalue weighted by Gasteiger charge is 2.32. The summed E-state index contributed by atoms with van der Waals surface area (Å²) in [5.41, 5.74) is 7.44. The molecule has 0 spiro atoms. The quantitative estimate of drug-likeness (QED) is 0.784. The number of anilines is 1. The van der Waals surface area contributed by atoms with Crippen LogP contribution in [0.3, 0.4) is 0 Å². The standard InChI is InChI=1S/C9H10F3N3O/c10-9(11,12)6-15(8(13)16)14-7-4-2-1-3-5-7/h1-5,14H,6H2,(H2,13,16). The highest BCUT2D eigenvalue weighted by molar-refractivity contribution is 5.73. The van der Waals surface area contributed by atoms with Gasteiger partial charge in [0, 0.05) is 0 Å². The molecule has 0 saturated heterocycles. The zero-order valence-electron chi connectivity index (χ0n) is 8.16. The van der Waals surface area contributed by atoms with E-state index in [9.17, 15) is 18.0 Å². The highest BCUT2D eigenvalue weighted by Crippen LogP contribution is 2.17. The fourth-order valence-electron chi connectivity index (χ4n) is 1.02. The normalized spacial score (nSPS) is 10.9. The minimum absolute atomic E-state index is 0.301. The van der Waals surface area contributed by atoms with Crippen LogP contribution in [0.4, 0.5) is 23.7 Å². The molecule has 0 aliphatic carbocycles. The van der Waals surface area contributed by atoms with E-state index < -0.39 is 18.8 Å². The van der Waals surface area contributed by atoms with Gasteiger partial charge in [-0.2, -0.15) is 13.2 Å². The number of amides is 2. The van der Waals surface area contributed by atoms with Crippen LogP contribution in [0.2, 0.25) is 0 Å². The first-order valence-corrected chi connectivity index (χ1v) is 4.34. The average Bonchev–Trinajstić information content (AvgIpc) is 2.16. The molecular weight excluding hydrogens is 223 g/mol. The number of rotatable bonds is 3. The largest absolute Gasteiger partial charge is 0.408 e. The molecule has 0 radical (unpaired) electrons. The van der Waals surface area contributed by atoms with Gasteiger partial charge in [-0.05, 0) is 12.1 Å². The summed E-state index contributed by atoms with van der Waals surface area (Å²) >= 11 is 0. The molecular formula is C9H10F3N3O. The fourth-order valence-corrected chi connectivity index (χ4v) is 1.02. The lowest BCUT2D eigenvalue weighted by molar-refractivity contribution is -0.137. The van der Waals surface area contributed by atoms with Gasteiger partial charge in [0.25, 0.3) is 0 Å². The van der Waals surface area contributed by atoms with Crippen molar-refractivity contribution in [2.45, 2.75) is 6.18 Å². The number of carbonyl (C=O) groups excluding carboxylic acids is 1. The van der Waals surface area contributed by atoms with Crippen molar-refractivity contribution in [3.63, 3.8) is 0 Å². The van der Waals surface area contributed by atoms with Crippen molar-refractivity contribution in [3.8, 4) is 0 Å². The number of hydrazine groups is 1. The monoisotopic (exact) mass is 233 g/mol. The molecule has 1 aromatic rings. The predicted octanol–water partition coefficient (Wildman–Crippen LogP) is 1.96. The Bertz CT molecular complexity index is 353. The van der Waals surface area contributed by atoms with Crippen molar-refractivity contribution < 1.29 is 18.0 Å². The van der Waals surface area contributed by atoms with Crippen LogP contribution in [0.5, 0.6) is 0 Å². The van der Waals surface area contributed by atoms with Crippen LogP contribution >= 0.6 is 0 Å². The molecule has 0 aliphatic heterocycles. The number of halogens is 3. The fraction of sp³-hybridized carbons (Fsp3) is 0.222. The number of para-hydroxylation sites is 1. The Kier molecular flexibility index (Phi) is 3.60. The number of hydrogen-bond acceptors (Lipinski definition) is 2. The summed E-state index contributed by atoms with van der Waals surface area (Å²) < 4.78 is 36.2. The van der Waals surface area contributed by atoms with Crippen molar-refractivity contribution in [1.82, 2.24) is 5.01 Å². The smallest absolute Gasteiger partial charge is 0.350 e. The first-order chi connectivity index (χ1) is 7.38. The summed E-state index contributed by atoms with van der Waals surface area (Å²) in [5.74, 6) is 0. The van der Waals surface area contributed by atoms with Crippen LogP contribution in [0.15, 0.2) is 30.3 Å². The lowest BCUT2D eigenvalue weighted by Gasteiger charge is -2.23. The van der Waals surface area contributed by atoms with Gasteiger partial charge in [-0.25, -0.2) is 9.80 Å². The number of nitrogens with zero attached hydrogens (tertiary/aromatic N) is 1. The van der Waals surface area contributed by atoms with Gasteiger partial charge in [0.2, 0.25) is 0 Å². The lowest BCUT2D eigenvalue weighted by Crippen LogP contribution is -2.45. The Morgan fingerprint density at radius 2 is 1.88 bits per heavy atom. The van der Waals surface area contributed by atoms with E-state index in [1.54, 1.807) is 18.2 Å². The van der Waals surface area contributed by atoms with E-state index in [1.165, 1.54) is 12.1 Å².